The summed E-state index contributed by atoms with van der Waals surface area (Å²) in [7, 11) is 3.13. The molecule has 0 fully saturated rings. The van der Waals surface area contributed by atoms with Crippen LogP contribution in [0.25, 0.3) is 28.6 Å². The molecule has 0 bridgehead atoms. The quantitative estimate of drug-likeness (QED) is 0.127. The number of alkyl carbamates (subject to hydrolysis) is 2. The van der Waals surface area contributed by atoms with Gasteiger partial charge >= 0.3 is 18.2 Å². The first-order valence-electron chi connectivity index (χ1n) is 15.3. The molecular formula is C36H45N3O8. The molecule has 2 aromatic carbocycles. The Hall–Kier alpha value is -5.06. The van der Waals surface area contributed by atoms with E-state index in [1.54, 1.807) is 80.9 Å². The minimum atomic E-state index is -0.661. The minimum absolute atomic E-state index is 0.134. The summed E-state index contributed by atoms with van der Waals surface area (Å²) >= 11 is 0. The summed E-state index contributed by atoms with van der Waals surface area (Å²) in [5.41, 5.74) is 3.36. The smallest absolute Gasteiger partial charge is 0.407 e. The third-order valence-electron chi connectivity index (χ3n) is 6.37. The normalized spacial score (nSPS) is 11.5. The zero-order valence-electron chi connectivity index (χ0n) is 28.6. The number of hydrogen-bond donors (Lipinski definition) is 2. The molecule has 1 heterocycles. The molecule has 11 nitrogen and oxygen atoms in total. The van der Waals surface area contributed by atoms with Gasteiger partial charge in [0.1, 0.15) is 22.7 Å². The summed E-state index contributed by atoms with van der Waals surface area (Å²) < 4.78 is 26.9. The van der Waals surface area contributed by atoms with E-state index in [2.05, 4.69) is 10.6 Å². The third kappa shape index (κ3) is 11.7. The standard InChI is InChI=1S/C36H45N3O8/c1-10-45-32(40)16-11-23-17-30(28-14-12-26(43-8)19-24(28)21-37-33(41)46-35(2,3)4)39-31(18-23)29-15-13-27(44-9)20-25(29)22-38-34(42)47-36(5,6)7/h11-20H,10,21-22H2,1-9H3,(H,37,41)(H,38,42)/b16-11-. The summed E-state index contributed by atoms with van der Waals surface area (Å²) in [5.74, 6) is 0.712. The van der Waals surface area contributed by atoms with Gasteiger partial charge in [-0.15, -0.1) is 0 Å². The fourth-order valence-corrected chi connectivity index (χ4v) is 4.43. The zero-order chi connectivity index (χ0) is 34.8. The Balaban J connectivity index is 2.14. The van der Waals surface area contributed by atoms with Gasteiger partial charge in [0.25, 0.3) is 0 Å². The van der Waals surface area contributed by atoms with Crippen LogP contribution in [0.2, 0.25) is 0 Å². The van der Waals surface area contributed by atoms with Crippen LogP contribution in [0.5, 0.6) is 11.5 Å². The van der Waals surface area contributed by atoms with Gasteiger partial charge in [0, 0.05) is 30.3 Å². The van der Waals surface area contributed by atoms with Crippen LogP contribution >= 0.6 is 0 Å². The van der Waals surface area contributed by atoms with Crippen LogP contribution in [0.4, 0.5) is 9.59 Å². The van der Waals surface area contributed by atoms with Crippen LogP contribution in [0.3, 0.4) is 0 Å². The van der Waals surface area contributed by atoms with Gasteiger partial charge in [-0.25, -0.2) is 19.4 Å². The highest BCUT2D eigenvalue weighted by Gasteiger charge is 2.20. The summed E-state index contributed by atoms with van der Waals surface area (Å²) in [6.07, 6.45) is 1.87. The fourth-order valence-electron chi connectivity index (χ4n) is 4.43. The molecule has 2 N–H and O–H groups in total. The van der Waals surface area contributed by atoms with Crippen molar-refractivity contribution in [2.24, 2.45) is 0 Å². The number of amides is 2. The number of carbonyl (C=O) groups excluding carboxylic acids is 3. The number of aromatic nitrogens is 1. The van der Waals surface area contributed by atoms with Gasteiger partial charge in [-0.1, -0.05) is 0 Å². The average molecular weight is 648 g/mol. The largest absolute Gasteiger partial charge is 0.497 e. The van der Waals surface area contributed by atoms with Crippen LogP contribution in [-0.4, -0.2) is 55.2 Å². The maximum Gasteiger partial charge on any atom is 0.407 e. The third-order valence-corrected chi connectivity index (χ3v) is 6.37. The molecule has 1 aromatic heterocycles. The molecule has 3 rings (SSSR count). The first-order valence-corrected chi connectivity index (χ1v) is 15.3. The Morgan fingerprint density at radius 3 is 1.55 bits per heavy atom. The number of pyridine rings is 1. The first kappa shape index (κ1) is 36.4. The van der Waals surface area contributed by atoms with Crippen molar-refractivity contribution in [3.8, 4) is 34.0 Å². The number of carbonyl (C=O) groups is 3. The van der Waals surface area contributed by atoms with E-state index in [1.165, 1.54) is 6.08 Å². The van der Waals surface area contributed by atoms with Gasteiger partial charge in [0.15, 0.2) is 0 Å². The van der Waals surface area contributed by atoms with E-state index >= 15 is 0 Å². The second-order valence-electron chi connectivity index (χ2n) is 12.5. The summed E-state index contributed by atoms with van der Waals surface area (Å²) in [4.78, 5) is 42.3. The highest BCUT2D eigenvalue weighted by molar-refractivity contribution is 5.88. The van der Waals surface area contributed by atoms with Crippen molar-refractivity contribution >= 4 is 24.2 Å². The van der Waals surface area contributed by atoms with E-state index in [4.69, 9.17) is 28.7 Å². The average Bonchev–Trinajstić information content (AvgIpc) is 2.99. The maximum atomic E-state index is 12.5. The van der Waals surface area contributed by atoms with Gasteiger partial charge in [-0.2, -0.15) is 0 Å². The van der Waals surface area contributed by atoms with Gasteiger partial charge in [0.05, 0.1) is 32.2 Å². The van der Waals surface area contributed by atoms with Crippen molar-refractivity contribution in [2.45, 2.75) is 72.8 Å². The Morgan fingerprint density at radius 2 is 1.17 bits per heavy atom. The molecule has 0 saturated carbocycles. The minimum Gasteiger partial charge on any atom is -0.497 e. The van der Waals surface area contributed by atoms with E-state index in [0.717, 1.165) is 22.3 Å². The molecule has 0 aliphatic carbocycles. The van der Waals surface area contributed by atoms with Crippen molar-refractivity contribution < 1.29 is 38.1 Å². The molecule has 0 atom stereocenters. The van der Waals surface area contributed by atoms with Crippen LogP contribution < -0.4 is 20.1 Å². The molecule has 0 spiro atoms. The lowest BCUT2D eigenvalue weighted by Crippen LogP contribution is -2.32. The second-order valence-corrected chi connectivity index (χ2v) is 12.5. The van der Waals surface area contributed by atoms with Crippen LogP contribution in [0, 0.1) is 0 Å². The number of methoxy groups -OCH3 is 2. The highest BCUT2D eigenvalue weighted by Crippen LogP contribution is 2.33. The first-order chi connectivity index (χ1) is 22.1. The number of hydrogen-bond acceptors (Lipinski definition) is 9. The van der Waals surface area contributed by atoms with Gasteiger partial charge in [-0.3, -0.25) is 0 Å². The molecule has 2 amide bonds. The predicted octanol–water partition coefficient (Wildman–Crippen LogP) is 7.06. The Morgan fingerprint density at radius 1 is 0.723 bits per heavy atom. The van der Waals surface area contributed by atoms with E-state index in [0.29, 0.717) is 28.5 Å². The van der Waals surface area contributed by atoms with E-state index in [9.17, 15) is 14.4 Å². The highest BCUT2D eigenvalue weighted by atomic mass is 16.6. The lowest BCUT2D eigenvalue weighted by Gasteiger charge is -2.21. The summed E-state index contributed by atoms with van der Waals surface area (Å²) in [6, 6.07) is 14.6. The van der Waals surface area contributed by atoms with Crippen LogP contribution in [0.15, 0.2) is 54.6 Å². The number of rotatable bonds is 11. The monoisotopic (exact) mass is 647 g/mol. The van der Waals surface area contributed by atoms with Crippen LogP contribution in [-0.2, 0) is 32.1 Å². The molecule has 3 aromatic rings. The number of nitrogens with zero attached hydrogens (tertiary/aromatic N) is 1. The summed E-state index contributed by atoms with van der Waals surface area (Å²) in [5, 5.41) is 5.62. The Bertz CT molecular complexity index is 1500. The van der Waals surface area contributed by atoms with Crippen molar-refractivity contribution in [3.63, 3.8) is 0 Å². The Kier molecular flexibility index (Phi) is 12.4. The molecule has 47 heavy (non-hydrogen) atoms. The summed E-state index contributed by atoms with van der Waals surface area (Å²) in [6.45, 7) is 13.0. The molecular weight excluding hydrogens is 602 g/mol. The molecule has 0 saturated heterocycles. The molecule has 0 aliphatic heterocycles. The van der Waals surface area contributed by atoms with Crippen LogP contribution in [0.1, 0.15) is 65.2 Å². The number of benzene rings is 2. The molecule has 11 heteroatoms. The van der Waals surface area contributed by atoms with Crippen molar-refractivity contribution in [3.05, 3.63) is 71.3 Å². The molecule has 252 valence electrons. The maximum absolute atomic E-state index is 12.5. The SMILES string of the molecule is CCOC(=O)/C=C\c1cc(-c2ccc(OC)cc2CNC(=O)OC(C)(C)C)nc(-c2ccc(OC)cc2CNC(=O)OC(C)(C)C)c1. The predicted molar refractivity (Wildman–Crippen MR) is 180 cm³/mol. The topological polar surface area (TPSA) is 134 Å². The van der Waals surface area contributed by atoms with Gasteiger partial charge in [0.2, 0.25) is 0 Å². The number of ether oxygens (including phenoxy) is 5. The number of esters is 1. The molecule has 0 aliphatic rings. The Labute approximate surface area is 276 Å². The van der Waals surface area contributed by atoms with Crippen molar-refractivity contribution in [1.29, 1.82) is 0 Å². The zero-order valence-corrected chi connectivity index (χ0v) is 28.6. The van der Waals surface area contributed by atoms with Crippen molar-refractivity contribution in [2.75, 3.05) is 20.8 Å². The van der Waals surface area contributed by atoms with E-state index in [1.807, 2.05) is 36.4 Å². The fraction of sp³-hybridized carbons (Fsp3) is 0.389. The number of nitrogens with one attached hydrogen (secondary N) is 2. The van der Waals surface area contributed by atoms with E-state index < -0.39 is 29.4 Å². The van der Waals surface area contributed by atoms with E-state index in [-0.39, 0.29) is 19.7 Å². The lowest BCUT2D eigenvalue weighted by molar-refractivity contribution is -0.137. The lowest BCUT2D eigenvalue weighted by atomic mass is 9.98. The van der Waals surface area contributed by atoms with Gasteiger partial charge in [-0.05, 0) is 120 Å². The second kappa shape index (κ2) is 16.0. The molecule has 0 unspecified atom stereocenters. The van der Waals surface area contributed by atoms with Crippen molar-refractivity contribution in [1.82, 2.24) is 15.6 Å². The van der Waals surface area contributed by atoms with Gasteiger partial charge < -0.3 is 34.3 Å². The molecule has 0 radical (unpaired) electrons.